The Labute approximate surface area is 172 Å². The number of nitrogens with one attached hydrogen (secondary N) is 1. The summed E-state index contributed by atoms with van der Waals surface area (Å²) in [6, 6.07) is 9.83. The fraction of sp³-hybridized carbons (Fsp3) is 0.318. The summed E-state index contributed by atoms with van der Waals surface area (Å²) in [5.74, 6) is 0.0613. The lowest BCUT2D eigenvalue weighted by Gasteiger charge is -2.31. The Morgan fingerprint density at radius 1 is 1.17 bits per heavy atom. The molecular weight excluding hydrogens is 384 g/mol. The summed E-state index contributed by atoms with van der Waals surface area (Å²) >= 11 is 1.61. The molecule has 1 N–H and O–H groups in total. The lowest BCUT2D eigenvalue weighted by atomic mass is 10.1. The second kappa shape index (κ2) is 7.15. The van der Waals surface area contributed by atoms with Crippen molar-refractivity contribution >= 4 is 38.5 Å². The van der Waals surface area contributed by atoms with E-state index in [1.54, 1.807) is 17.7 Å². The van der Waals surface area contributed by atoms with Gasteiger partial charge in [0.2, 0.25) is 0 Å². The summed E-state index contributed by atoms with van der Waals surface area (Å²) in [5, 5.41) is 0.729. The molecular formula is C22H22N4O2S. The molecule has 0 unspecified atom stereocenters. The molecule has 0 spiro atoms. The van der Waals surface area contributed by atoms with E-state index >= 15 is 0 Å². The van der Waals surface area contributed by atoms with Crippen LogP contribution in [0.3, 0.4) is 0 Å². The third kappa shape index (κ3) is 3.35. The number of aromatic amines is 1. The number of H-pyrrole nitrogens is 1. The molecule has 0 bridgehead atoms. The van der Waals surface area contributed by atoms with E-state index in [1.807, 2.05) is 23.1 Å². The smallest absolute Gasteiger partial charge is 0.274 e. The predicted octanol–water partition coefficient (Wildman–Crippen LogP) is 4.47. The quantitative estimate of drug-likeness (QED) is 0.545. The van der Waals surface area contributed by atoms with Crippen molar-refractivity contribution in [1.29, 1.82) is 0 Å². The number of aromatic nitrogens is 3. The Hall–Kier alpha value is -2.93. The van der Waals surface area contributed by atoms with Crippen LogP contribution in [0, 0.1) is 13.8 Å². The molecule has 148 valence electrons. The molecule has 3 heterocycles. The number of fused-ring (bicyclic) bond motifs is 2. The number of imidazole rings is 1. The first-order chi connectivity index (χ1) is 14.1. The Balaban J connectivity index is 1.25. The lowest BCUT2D eigenvalue weighted by molar-refractivity contribution is 0.0595. The van der Waals surface area contributed by atoms with Gasteiger partial charge in [-0.1, -0.05) is 23.5 Å². The second-order valence-electron chi connectivity index (χ2n) is 7.60. The van der Waals surface area contributed by atoms with E-state index in [0.717, 1.165) is 34.6 Å². The molecule has 0 saturated carbocycles. The number of carbonyl (C=O) groups is 1. The fourth-order valence-electron chi connectivity index (χ4n) is 3.86. The van der Waals surface area contributed by atoms with Crippen molar-refractivity contribution in [1.82, 2.24) is 19.9 Å². The van der Waals surface area contributed by atoms with Gasteiger partial charge in [0.05, 0.1) is 27.6 Å². The van der Waals surface area contributed by atoms with E-state index < -0.39 is 0 Å². The number of aryl methyl sites for hydroxylation is 2. The van der Waals surface area contributed by atoms with Crippen LogP contribution in [-0.4, -0.2) is 45.0 Å². The van der Waals surface area contributed by atoms with Gasteiger partial charge in [0.25, 0.3) is 11.1 Å². The highest BCUT2D eigenvalue weighted by atomic mass is 32.1. The molecule has 1 aliphatic rings. The van der Waals surface area contributed by atoms with Crippen LogP contribution >= 0.6 is 11.3 Å². The zero-order valence-corrected chi connectivity index (χ0v) is 17.3. The van der Waals surface area contributed by atoms with Crippen LogP contribution in [0.5, 0.6) is 5.19 Å². The van der Waals surface area contributed by atoms with E-state index in [4.69, 9.17) is 9.72 Å². The monoisotopic (exact) mass is 406 g/mol. The maximum Gasteiger partial charge on any atom is 0.274 e. The van der Waals surface area contributed by atoms with Crippen molar-refractivity contribution in [2.45, 2.75) is 32.8 Å². The largest absolute Gasteiger partial charge is 0.467 e. The van der Waals surface area contributed by atoms with Gasteiger partial charge >= 0.3 is 0 Å². The van der Waals surface area contributed by atoms with Gasteiger partial charge in [0.1, 0.15) is 6.10 Å². The average molecular weight is 407 g/mol. The number of piperidine rings is 1. The topological polar surface area (TPSA) is 71.1 Å². The maximum absolute atomic E-state index is 12.9. The van der Waals surface area contributed by atoms with Crippen molar-refractivity contribution < 1.29 is 9.53 Å². The number of likely N-dealkylation sites (tertiary alicyclic amines) is 1. The number of hydrogen-bond donors (Lipinski definition) is 1. The van der Waals surface area contributed by atoms with Crippen molar-refractivity contribution in [3.05, 3.63) is 53.3 Å². The number of nitrogens with zero attached hydrogens (tertiary/aromatic N) is 3. The molecule has 1 amide bonds. The standard InChI is InChI=1S/C22H22N4O2S/c1-13-3-4-14(2)20-19(13)25-22(29-20)28-16-7-9-26(10-8-16)21(27)15-5-6-17-18(11-15)24-12-23-17/h3-6,11-12,16H,7-10H2,1-2H3,(H,23,24). The Bertz CT molecular complexity index is 1170. The zero-order valence-electron chi connectivity index (χ0n) is 16.4. The Kier molecular flexibility index (Phi) is 4.47. The molecule has 1 fully saturated rings. The molecule has 0 atom stereocenters. The highest BCUT2D eigenvalue weighted by Crippen LogP contribution is 2.33. The maximum atomic E-state index is 12.9. The van der Waals surface area contributed by atoms with Gasteiger partial charge in [-0.15, -0.1) is 0 Å². The fourth-order valence-corrected chi connectivity index (χ4v) is 4.89. The number of hydrogen-bond acceptors (Lipinski definition) is 5. The summed E-state index contributed by atoms with van der Waals surface area (Å²) in [7, 11) is 0. The van der Waals surface area contributed by atoms with Gasteiger partial charge < -0.3 is 14.6 Å². The predicted molar refractivity (Wildman–Crippen MR) is 115 cm³/mol. The van der Waals surface area contributed by atoms with Crippen LogP contribution in [0.15, 0.2) is 36.7 Å². The van der Waals surface area contributed by atoms with Crippen LogP contribution in [0.4, 0.5) is 0 Å². The molecule has 6 nitrogen and oxygen atoms in total. The minimum absolute atomic E-state index is 0.0613. The van der Waals surface area contributed by atoms with Crippen LogP contribution < -0.4 is 4.74 Å². The van der Waals surface area contributed by atoms with Crippen molar-refractivity contribution in [2.24, 2.45) is 0 Å². The molecule has 0 aliphatic carbocycles. The highest BCUT2D eigenvalue weighted by Gasteiger charge is 2.26. The molecule has 2 aromatic carbocycles. The van der Waals surface area contributed by atoms with Gasteiger partial charge in [0.15, 0.2) is 0 Å². The van der Waals surface area contributed by atoms with Crippen molar-refractivity contribution in [2.75, 3.05) is 13.1 Å². The molecule has 1 saturated heterocycles. The molecule has 0 radical (unpaired) electrons. The van der Waals surface area contributed by atoms with E-state index in [0.29, 0.717) is 18.7 Å². The van der Waals surface area contributed by atoms with E-state index in [2.05, 4.69) is 35.9 Å². The summed E-state index contributed by atoms with van der Waals surface area (Å²) in [4.78, 5) is 26.7. The number of benzene rings is 2. The van der Waals surface area contributed by atoms with Crippen LogP contribution in [0.2, 0.25) is 0 Å². The number of carbonyl (C=O) groups excluding carboxylic acids is 1. The lowest BCUT2D eigenvalue weighted by Crippen LogP contribution is -2.41. The Morgan fingerprint density at radius 2 is 1.97 bits per heavy atom. The average Bonchev–Trinajstić information content (AvgIpc) is 3.38. The number of amides is 1. The van der Waals surface area contributed by atoms with Crippen LogP contribution in [0.25, 0.3) is 21.3 Å². The highest BCUT2D eigenvalue weighted by molar-refractivity contribution is 7.20. The molecule has 7 heteroatoms. The third-order valence-electron chi connectivity index (χ3n) is 5.59. The molecule has 2 aromatic heterocycles. The summed E-state index contributed by atoms with van der Waals surface area (Å²) in [6.45, 7) is 5.56. The zero-order chi connectivity index (χ0) is 20.0. The first-order valence-electron chi connectivity index (χ1n) is 9.84. The van der Waals surface area contributed by atoms with E-state index in [9.17, 15) is 4.79 Å². The number of thiazole rings is 1. The van der Waals surface area contributed by atoms with Gasteiger partial charge in [-0.25, -0.2) is 9.97 Å². The summed E-state index contributed by atoms with van der Waals surface area (Å²) in [5.41, 5.74) is 5.88. The molecule has 4 aromatic rings. The van der Waals surface area contributed by atoms with Crippen molar-refractivity contribution in [3.63, 3.8) is 0 Å². The Morgan fingerprint density at radius 3 is 2.76 bits per heavy atom. The second-order valence-corrected chi connectivity index (χ2v) is 8.56. The van der Waals surface area contributed by atoms with Gasteiger partial charge in [-0.3, -0.25) is 4.79 Å². The van der Waals surface area contributed by atoms with Gasteiger partial charge in [-0.05, 0) is 43.2 Å². The summed E-state index contributed by atoms with van der Waals surface area (Å²) < 4.78 is 7.38. The van der Waals surface area contributed by atoms with Gasteiger partial charge in [0, 0.05) is 31.5 Å². The van der Waals surface area contributed by atoms with Crippen molar-refractivity contribution in [3.8, 4) is 5.19 Å². The first-order valence-corrected chi connectivity index (χ1v) is 10.7. The first kappa shape index (κ1) is 18.1. The molecule has 5 rings (SSSR count). The minimum atomic E-state index is 0.0613. The van der Waals surface area contributed by atoms with Crippen LogP contribution in [0.1, 0.15) is 34.3 Å². The van der Waals surface area contributed by atoms with E-state index in [-0.39, 0.29) is 12.0 Å². The van der Waals surface area contributed by atoms with E-state index in [1.165, 1.54) is 15.8 Å². The van der Waals surface area contributed by atoms with Crippen LogP contribution in [-0.2, 0) is 0 Å². The number of rotatable bonds is 3. The number of ether oxygens (including phenoxy) is 1. The van der Waals surface area contributed by atoms with Gasteiger partial charge in [-0.2, -0.15) is 0 Å². The summed E-state index contributed by atoms with van der Waals surface area (Å²) in [6.07, 6.45) is 3.36. The minimum Gasteiger partial charge on any atom is -0.467 e. The third-order valence-corrected chi connectivity index (χ3v) is 6.67. The normalized spacial score (nSPS) is 15.3. The molecule has 29 heavy (non-hydrogen) atoms. The molecule has 1 aliphatic heterocycles. The SMILES string of the molecule is Cc1ccc(C)c2sc(OC3CCN(C(=O)c4ccc5nc[nH]c5c4)CC3)nc12.